The van der Waals surface area contributed by atoms with Crippen molar-refractivity contribution in [2.45, 2.75) is 109 Å². The largest absolute Gasteiger partial charge is 0.493 e. The summed E-state index contributed by atoms with van der Waals surface area (Å²) in [6, 6.07) is 13.7. The molecule has 0 bridgehead atoms. The maximum absolute atomic E-state index is 6.74. The molecule has 3 aliphatic rings. The van der Waals surface area contributed by atoms with Crippen LogP contribution in [0.4, 0.5) is 5.69 Å². The van der Waals surface area contributed by atoms with E-state index in [-0.39, 0.29) is 11.1 Å². The standard InChI is InChI=1S/C37H54N4O3/c1-8-30-31-22-26(10-11-32(31)38-35(30)25-9-12-33(42-6)34(21-25)43-7)40-17-13-28(14-18-40)44-29-15-19-41(20-16-29)27-23-36(2,3)39-37(4,5)24-27/h9-12,21-22,27-29,38-39H,8,13-20,23-24H2,1-7H3. The van der Waals surface area contributed by atoms with Gasteiger partial charge < -0.3 is 34.3 Å². The summed E-state index contributed by atoms with van der Waals surface area (Å²) in [5, 5.41) is 5.15. The maximum Gasteiger partial charge on any atom is 0.161 e. The van der Waals surface area contributed by atoms with E-state index in [0.29, 0.717) is 18.2 Å². The number of hydrogen-bond acceptors (Lipinski definition) is 6. The molecule has 3 saturated heterocycles. The Morgan fingerprint density at radius 1 is 0.795 bits per heavy atom. The number of nitrogens with zero attached hydrogens (tertiary/aromatic N) is 2. The fourth-order valence-corrected chi connectivity index (χ4v) is 8.46. The molecule has 3 aliphatic heterocycles. The summed E-state index contributed by atoms with van der Waals surface area (Å²) in [5.74, 6) is 1.49. The first-order valence-corrected chi connectivity index (χ1v) is 16.9. The van der Waals surface area contributed by atoms with E-state index in [1.54, 1.807) is 14.2 Å². The van der Waals surface area contributed by atoms with E-state index >= 15 is 0 Å². The molecule has 0 spiro atoms. The van der Waals surface area contributed by atoms with Gasteiger partial charge in [-0.1, -0.05) is 6.92 Å². The molecule has 7 heteroatoms. The fourth-order valence-electron chi connectivity index (χ4n) is 8.46. The molecule has 7 nitrogen and oxygen atoms in total. The normalized spacial score (nSPS) is 22.0. The quantitative estimate of drug-likeness (QED) is 0.285. The highest BCUT2D eigenvalue weighted by molar-refractivity contribution is 5.93. The van der Waals surface area contributed by atoms with Gasteiger partial charge in [0.1, 0.15) is 0 Å². The molecule has 2 N–H and O–H groups in total. The number of ether oxygens (including phenoxy) is 3. The van der Waals surface area contributed by atoms with Crippen LogP contribution >= 0.6 is 0 Å². The number of anilines is 1. The van der Waals surface area contributed by atoms with Gasteiger partial charge >= 0.3 is 0 Å². The summed E-state index contributed by atoms with van der Waals surface area (Å²) in [6.07, 6.45) is 8.71. The van der Waals surface area contributed by atoms with Crippen LogP contribution in [0.1, 0.15) is 78.7 Å². The molecule has 0 atom stereocenters. The number of rotatable bonds is 8. The molecule has 0 saturated carbocycles. The van der Waals surface area contributed by atoms with Crippen molar-refractivity contribution in [3.8, 4) is 22.8 Å². The van der Waals surface area contributed by atoms with E-state index in [9.17, 15) is 0 Å². The minimum Gasteiger partial charge on any atom is -0.493 e. The minimum atomic E-state index is 0.199. The van der Waals surface area contributed by atoms with Gasteiger partial charge in [-0.3, -0.25) is 0 Å². The van der Waals surface area contributed by atoms with Gasteiger partial charge in [0.15, 0.2) is 11.5 Å². The molecule has 44 heavy (non-hydrogen) atoms. The fraction of sp³-hybridized carbons (Fsp3) is 0.622. The number of methoxy groups -OCH3 is 2. The zero-order valence-electron chi connectivity index (χ0n) is 28.1. The van der Waals surface area contributed by atoms with Gasteiger partial charge in [0.2, 0.25) is 0 Å². The van der Waals surface area contributed by atoms with Crippen molar-refractivity contribution in [2.75, 3.05) is 45.3 Å². The third-order valence-electron chi connectivity index (χ3n) is 10.3. The Morgan fingerprint density at radius 3 is 2.05 bits per heavy atom. The Kier molecular flexibility index (Phi) is 8.93. The van der Waals surface area contributed by atoms with E-state index in [4.69, 9.17) is 14.2 Å². The number of aromatic amines is 1. The molecule has 3 fully saturated rings. The second-order valence-corrected chi connectivity index (χ2v) is 14.6. The first-order valence-electron chi connectivity index (χ1n) is 16.9. The van der Waals surface area contributed by atoms with Crippen LogP contribution in [0.5, 0.6) is 11.5 Å². The van der Waals surface area contributed by atoms with Gasteiger partial charge in [-0.05, 0) is 115 Å². The molecule has 1 aromatic heterocycles. The Balaban J connectivity index is 1.05. The van der Waals surface area contributed by atoms with Crippen molar-refractivity contribution in [3.63, 3.8) is 0 Å². The number of aromatic nitrogens is 1. The molecule has 4 heterocycles. The van der Waals surface area contributed by atoms with Gasteiger partial charge in [0, 0.05) is 71.1 Å². The van der Waals surface area contributed by atoms with Gasteiger partial charge in [-0.25, -0.2) is 0 Å². The molecule has 6 rings (SSSR count). The van der Waals surface area contributed by atoms with Crippen molar-refractivity contribution in [3.05, 3.63) is 42.0 Å². The van der Waals surface area contributed by atoms with Crippen molar-refractivity contribution >= 4 is 16.6 Å². The predicted molar refractivity (Wildman–Crippen MR) is 181 cm³/mol. The van der Waals surface area contributed by atoms with Crippen LogP contribution in [0.2, 0.25) is 0 Å². The molecule has 0 radical (unpaired) electrons. The highest BCUT2D eigenvalue weighted by atomic mass is 16.5. The number of likely N-dealkylation sites (tertiary alicyclic amines) is 1. The summed E-state index contributed by atoms with van der Waals surface area (Å²) >= 11 is 0. The summed E-state index contributed by atoms with van der Waals surface area (Å²) in [4.78, 5) is 8.99. The lowest BCUT2D eigenvalue weighted by molar-refractivity contribution is -0.0616. The highest BCUT2D eigenvalue weighted by Crippen LogP contribution is 2.38. The SMILES string of the molecule is CCc1c(-c2ccc(OC)c(OC)c2)[nH]c2ccc(N3CCC(OC4CCN(C5CC(C)(C)NC(C)(C)C5)CC4)CC3)cc12. The number of piperidine rings is 3. The van der Waals surface area contributed by atoms with Crippen molar-refractivity contribution < 1.29 is 14.2 Å². The molecule has 3 aromatic rings. The molecular weight excluding hydrogens is 548 g/mol. The summed E-state index contributed by atoms with van der Waals surface area (Å²) in [6.45, 7) is 16.1. The maximum atomic E-state index is 6.74. The van der Waals surface area contributed by atoms with Crippen molar-refractivity contribution in [1.29, 1.82) is 0 Å². The van der Waals surface area contributed by atoms with Crippen LogP contribution < -0.4 is 19.7 Å². The molecular formula is C37H54N4O3. The number of benzene rings is 2. The number of H-pyrrole nitrogens is 1. The summed E-state index contributed by atoms with van der Waals surface area (Å²) in [5.41, 5.74) is 6.50. The molecule has 0 aliphatic carbocycles. The van der Waals surface area contributed by atoms with Crippen LogP contribution in [0.25, 0.3) is 22.2 Å². The first-order chi connectivity index (χ1) is 21.1. The van der Waals surface area contributed by atoms with Crippen LogP contribution in [0.3, 0.4) is 0 Å². The Bertz CT molecular complexity index is 1410. The monoisotopic (exact) mass is 602 g/mol. The number of nitrogens with one attached hydrogen (secondary N) is 2. The van der Waals surface area contributed by atoms with Crippen LogP contribution in [-0.2, 0) is 11.2 Å². The van der Waals surface area contributed by atoms with E-state index < -0.39 is 0 Å². The predicted octanol–water partition coefficient (Wildman–Crippen LogP) is 7.17. The van der Waals surface area contributed by atoms with Gasteiger partial charge in [-0.2, -0.15) is 0 Å². The van der Waals surface area contributed by atoms with Gasteiger partial charge in [0.25, 0.3) is 0 Å². The van der Waals surface area contributed by atoms with E-state index in [1.807, 2.05) is 6.07 Å². The molecule has 0 unspecified atom stereocenters. The lowest BCUT2D eigenvalue weighted by Gasteiger charge is -2.51. The number of aryl methyl sites for hydroxylation is 1. The summed E-state index contributed by atoms with van der Waals surface area (Å²) < 4.78 is 17.8. The van der Waals surface area contributed by atoms with Crippen LogP contribution in [0, 0.1) is 0 Å². The molecule has 240 valence electrons. The lowest BCUT2D eigenvalue weighted by atomic mass is 9.78. The third kappa shape index (κ3) is 6.61. The van der Waals surface area contributed by atoms with Gasteiger partial charge in [0.05, 0.1) is 26.4 Å². The second kappa shape index (κ2) is 12.6. The zero-order chi connectivity index (χ0) is 31.1. The van der Waals surface area contributed by atoms with Crippen LogP contribution in [-0.4, -0.2) is 79.6 Å². The van der Waals surface area contributed by atoms with E-state index in [1.165, 1.54) is 48.1 Å². The molecule has 0 amide bonds. The third-order valence-corrected chi connectivity index (χ3v) is 10.3. The van der Waals surface area contributed by atoms with E-state index in [2.05, 4.69) is 85.1 Å². The number of fused-ring (bicyclic) bond motifs is 1. The average molecular weight is 603 g/mol. The van der Waals surface area contributed by atoms with E-state index in [0.717, 1.165) is 68.0 Å². The summed E-state index contributed by atoms with van der Waals surface area (Å²) in [7, 11) is 3.36. The second-order valence-electron chi connectivity index (χ2n) is 14.6. The minimum absolute atomic E-state index is 0.199. The topological polar surface area (TPSA) is 62.0 Å². The van der Waals surface area contributed by atoms with Crippen LogP contribution in [0.15, 0.2) is 36.4 Å². The van der Waals surface area contributed by atoms with Gasteiger partial charge in [-0.15, -0.1) is 0 Å². The zero-order valence-corrected chi connectivity index (χ0v) is 28.1. The van der Waals surface area contributed by atoms with Crippen molar-refractivity contribution in [1.82, 2.24) is 15.2 Å². The molecule has 2 aromatic carbocycles. The Hall–Kier alpha value is -2.74. The highest BCUT2D eigenvalue weighted by Gasteiger charge is 2.41. The smallest absolute Gasteiger partial charge is 0.161 e. The average Bonchev–Trinajstić information content (AvgIpc) is 3.38. The number of hydrogen-bond donors (Lipinski definition) is 2. The van der Waals surface area contributed by atoms with Crippen molar-refractivity contribution in [2.24, 2.45) is 0 Å². The first kappa shape index (κ1) is 31.3. The Morgan fingerprint density at radius 2 is 1.43 bits per heavy atom. The Labute approximate surface area is 264 Å². The lowest BCUT2D eigenvalue weighted by Crippen LogP contribution is -2.63.